The maximum atomic E-state index is 10.4. The maximum absolute atomic E-state index is 10.4. The number of nitrogens with two attached hydrogens (primary N) is 1. The average Bonchev–Trinajstić information content (AvgIpc) is 2.33. The normalized spacial score (nSPS) is 9.53. The molecule has 0 saturated heterocycles. The van der Waals surface area contributed by atoms with Gasteiger partial charge in [-0.1, -0.05) is 6.07 Å². The Morgan fingerprint density at radius 1 is 1.29 bits per heavy atom. The van der Waals surface area contributed by atoms with Crippen LogP contribution < -0.4 is 25.3 Å². The fourth-order valence-corrected chi connectivity index (χ4v) is 1.31. The van der Waals surface area contributed by atoms with Crippen LogP contribution in [-0.2, 0) is 0 Å². The Hall–Kier alpha value is -2.11. The molecule has 0 aliphatic rings. The van der Waals surface area contributed by atoms with Gasteiger partial charge in [-0.25, -0.2) is 4.79 Å². The van der Waals surface area contributed by atoms with Gasteiger partial charge in [0, 0.05) is 0 Å². The number of urea groups is 1. The zero-order valence-corrected chi connectivity index (χ0v) is 9.86. The summed E-state index contributed by atoms with van der Waals surface area (Å²) in [6.07, 6.45) is 0. The van der Waals surface area contributed by atoms with Crippen LogP contribution in [0.3, 0.4) is 0 Å². The topological polar surface area (TPSA) is 82.8 Å². The number of para-hydroxylation sites is 1. The highest BCUT2D eigenvalue weighted by Gasteiger charge is 2.10. The van der Waals surface area contributed by atoms with Crippen LogP contribution in [0.4, 0.5) is 4.79 Å². The number of ether oxygens (including phenoxy) is 3. The SMILES string of the molecule is COc1cccc(OCCNC(N)=O)c1OC. The molecule has 94 valence electrons. The molecular formula is C11H16N2O4. The number of amides is 2. The van der Waals surface area contributed by atoms with E-state index in [-0.39, 0.29) is 0 Å². The maximum Gasteiger partial charge on any atom is 0.312 e. The summed E-state index contributed by atoms with van der Waals surface area (Å²) >= 11 is 0. The molecule has 0 unspecified atom stereocenters. The van der Waals surface area contributed by atoms with Gasteiger partial charge in [-0.3, -0.25) is 0 Å². The standard InChI is InChI=1S/C11H16N2O4/c1-15-8-4-3-5-9(10(8)16-2)17-7-6-13-11(12)14/h3-5H,6-7H2,1-2H3,(H3,12,13,14). The van der Waals surface area contributed by atoms with Crippen LogP contribution in [0.25, 0.3) is 0 Å². The highest BCUT2D eigenvalue weighted by Crippen LogP contribution is 2.36. The van der Waals surface area contributed by atoms with Crippen molar-refractivity contribution in [1.82, 2.24) is 5.32 Å². The van der Waals surface area contributed by atoms with Crippen LogP contribution in [0.15, 0.2) is 18.2 Å². The van der Waals surface area contributed by atoms with Crippen LogP contribution in [0, 0.1) is 0 Å². The molecule has 1 rings (SSSR count). The zero-order chi connectivity index (χ0) is 12.7. The molecule has 6 nitrogen and oxygen atoms in total. The van der Waals surface area contributed by atoms with E-state index in [2.05, 4.69) is 5.32 Å². The molecular weight excluding hydrogens is 224 g/mol. The van der Waals surface area contributed by atoms with Crippen molar-refractivity contribution < 1.29 is 19.0 Å². The number of methoxy groups -OCH3 is 2. The van der Waals surface area contributed by atoms with Gasteiger partial charge in [0.05, 0.1) is 20.8 Å². The van der Waals surface area contributed by atoms with E-state index in [1.165, 1.54) is 7.11 Å². The van der Waals surface area contributed by atoms with Crippen molar-refractivity contribution in [3.8, 4) is 17.2 Å². The molecule has 0 aliphatic heterocycles. The number of benzene rings is 1. The van der Waals surface area contributed by atoms with Gasteiger partial charge in [0.25, 0.3) is 0 Å². The van der Waals surface area contributed by atoms with E-state index in [0.717, 1.165) is 0 Å². The van der Waals surface area contributed by atoms with Gasteiger partial charge in [-0.05, 0) is 12.1 Å². The highest BCUT2D eigenvalue weighted by molar-refractivity contribution is 5.71. The van der Waals surface area contributed by atoms with Crippen LogP contribution in [0.2, 0.25) is 0 Å². The molecule has 0 aromatic heterocycles. The van der Waals surface area contributed by atoms with Crippen molar-refractivity contribution in [2.24, 2.45) is 5.73 Å². The molecule has 1 aromatic carbocycles. The van der Waals surface area contributed by atoms with Crippen LogP contribution in [-0.4, -0.2) is 33.4 Å². The predicted octanol–water partition coefficient (Wildman–Crippen LogP) is 0.751. The minimum Gasteiger partial charge on any atom is -0.493 e. The molecule has 17 heavy (non-hydrogen) atoms. The second kappa shape index (κ2) is 6.47. The van der Waals surface area contributed by atoms with Crippen molar-refractivity contribution in [2.75, 3.05) is 27.4 Å². The lowest BCUT2D eigenvalue weighted by atomic mass is 10.3. The van der Waals surface area contributed by atoms with Gasteiger partial charge in [0.1, 0.15) is 6.61 Å². The molecule has 0 spiro atoms. The van der Waals surface area contributed by atoms with Gasteiger partial charge < -0.3 is 25.3 Å². The molecule has 0 radical (unpaired) electrons. The number of carbonyl (C=O) groups is 1. The monoisotopic (exact) mass is 240 g/mol. The summed E-state index contributed by atoms with van der Waals surface area (Å²) in [6, 6.07) is 4.74. The fraction of sp³-hybridized carbons (Fsp3) is 0.364. The minimum atomic E-state index is -0.578. The van der Waals surface area contributed by atoms with Crippen molar-refractivity contribution in [3.05, 3.63) is 18.2 Å². The van der Waals surface area contributed by atoms with E-state index in [9.17, 15) is 4.79 Å². The lowest BCUT2D eigenvalue weighted by molar-refractivity contribution is 0.242. The number of carbonyl (C=O) groups excluding carboxylic acids is 1. The Balaban J connectivity index is 2.60. The predicted molar refractivity (Wildman–Crippen MR) is 62.6 cm³/mol. The van der Waals surface area contributed by atoms with Gasteiger partial charge in [-0.2, -0.15) is 0 Å². The van der Waals surface area contributed by atoms with Gasteiger partial charge in [-0.15, -0.1) is 0 Å². The first kappa shape index (κ1) is 13.0. The summed E-state index contributed by atoms with van der Waals surface area (Å²) in [4.78, 5) is 10.4. The molecule has 6 heteroatoms. The Labute approximate surface area is 99.6 Å². The number of primary amides is 1. The molecule has 0 saturated carbocycles. The van der Waals surface area contributed by atoms with Crippen molar-refractivity contribution in [2.45, 2.75) is 0 Å². The van der Waals surface area contributed by atoms with E-state index in [4.69, 9.17) is 19.9 Å². The Bertz CT molecular complexity index is 382. The summed E-state index contributed by atoms with van der Waals surface area (Å²) < 4.78 is 15.8. The number of rotatable bonds is 6. The van der Waals surface area contributed by atoms with Gasteiger partial charge in [0.2, 0.25) is 5.75 Å². The number of hydrogen-bond acceptors (Lipinski definition) is 4. The first-order valence-corrected chi connectivity index (χ1v) is 5.06. The molecule has 0 aliphatic carbocycles. The largest absolute Gasteiger partial charge is 0.493 e. The highest BCUT2D eigenvalue weighted by atomic mass is 16.5. The van der Waals surface area contributed by atoms with Crippen LogP contribution in [0.5, 0.6) is 17.2 Å². The lowest BCUT2D eigenvalue weighted by Gasteiger charge is -2.13. The first-order chi connectivity index (χ1) is 8.19. The van der Waals surface area contributed by atoms with Crippen molar-refractivity contribution in [3.63, 3.8) is 0 Å². The minimum absolute atomic E-state index is 0.298. The third-order valence-corrected chi connectivity index (χ3v) is 2.03. The Morgan fingerprint density at radius 2 is 2.00 bits per heavy atom. The third-order valence-electron chi connectivity index (χ3n) is 2.03. The lowest BCUT2D eigenvalue weighted by Crippen LogP contribution is -2.32. The summed E-state index contributed by atoms with van der Waals surface area (Å²) in [5.41, 5.74) is 4.92. The summed E-state index contributed by atoms with van der Waals surface area (Å²) in [6.45, 7) is 0.627. The van der Waals surface area contributed by atoms with Crippen LogP contribution in [0.1, 0.15) is 0 Å². The molecule has 0 fully saturated rings. The Kier molecular flexibility index (Phi) is 4.93. The van der Waals surface area contributed by atoms with E-state index in [0.29, 0.717) is 30.4 Å². The van der Waals surface area contributed by atoms with E-state index >= 15 is 0 Å². The van der Waals surface area contributed by atoms with Crippen molar-refractivity contribution >= 4 is 6.03 Å². The summed E-state index contributed by atoms with van der Waals surface area (Å²) in [7, 11) is 3.09. The fourth-order valence-electron chi connectivity index (χ4n) is 1.31. The summed E-state index contributed by atoms with van der Waals surface area (Å²) in [5, 5.41) is 2.42. The van der Waals surface area contributed by atoms with E-state index in [1.54, 1.807) is 25.3 Å². The second-order valence-corrected chi connectivity index (χ2v) is 3.13. The number of nitrogens with one attached hydrogen (secondary N) is 1. The van der Waals surface area contributed by atoms with E-state index < -0.39 is 6.03 Å². The molecule has 2 amide bonds. The second-order valence-electron chi connectivity index (χ2n) is 3.13. The Morgan fingerprint density at radius 3 is 2.59 bits per heavy atom. The summed E-state index contributed by atoms with van der Waals surface area (Å²) in [5.74, 6) is 1.67. The molecule has 0 heterocycles. The molecule has 0 bridgehead atoms. The molecule has 3 N–H and O–H groups in total. The molecule has 0 atom stereocenters. The van der Waals surface area contributed by atoms with E-state index in [1.807, 2.05) is 0 Å². The van der Waals surface area contributed by atoms with Crippen molar-refractivity contribution in [1.29, 1.82) is 0 Å². The quantitative estimate of drug-likeness (QED) is 0.719. The third kappa shape index (κ3) is 3.75. The smallest absolute Gasteiger partial charge is 0.312 e. The van der Waals surface area contributed by atoms with Crippen LogP contribution >= 0.6 is 0 Å². The number of hydrogen-bond donors (Lipinski definition) is 2. The van der Waals surface area contributed by atoms with Gasteiger partial charge >= 0.3 is 6.03 Å². The average molecular weight is 240 g/mol. The van der Waals surface area contributed by atoms with Gasteiger partial charge in [0.15, 0.2) is 11.5 Å². The first-order valence-electron chi connectivity index (χ1n) is 5.06. The molecule has 1 aromatic rings. The zero-order valence-electron chi connectivity index (χ0n) is 9.86.